The largest absolute Gasteiger partial charge is 0.261 e. The van der Waals surface area contributed by atoms with Crippen LogP contribution in [0, 0.1) is 0 Å². The lowest BCUT2D eigenvalue weighted by atomic mass is 10.2. The van der Waals surface area contributed by atoms with Crippen LogP contribution in [0.2, 0.25) is 0 Å². The van der Waals surface area contributed by atoms with Gasteiger partial charge in [-0.2, -0.15) is 0 Å². The van der Waals surface area contributed by atoms with Crippen LogP contribution in [-0.2, 0) is 15.5 Å². The summed E-state index contributed by atoms with van der Waals surface area (Å²) >= 11 is 0. The molecule has 0 spiro atoms. The highest BCUT2D eigenvalue weighted by Crippen LogP contribution is 2.47. The number of nitrogens with zero attached hydrogens (tertiary/aromatic N) is 2. The molecular weight excluding hydrogens is 224 g/mol. The average molecular weight is 233 g/mol. The molecule has 0 atom stereocenters. The van der Waals surface area contributed by atoms with Crippen LogP contribution in [0.15, 0.2) is 18.6 Å². The summed E-state index contributed by atoms with van der Waals surface area (Å²) in [5.74, 6) is 0. The Bertz CT molecular complexity index is 428. The summed E-state index contributed by atoms with van der Waals surface area (Å²) in [6.07, 6.45) is 6.28. The number of halogens is 1. The second-order valence-electron chi connectivity index (χ2n) is 3.49. The average Bonchev–Trinajstić information content (AvgIpc) is 2.86. The van der Waals surface area contributed by atoms with Crippen LogP contribution in [0.5, 0.6) is 0 Å². The maximum atomic E-state index is 11.2. The van der Waals surface area contributed by atoms with Crippen LogP contribution in [-0.4, -0.2) is 23.1 Å². The zero-order valence-electron chi connectivity index (χ0n) is 7.35. The fraction of sp³-hybridized carbons (Fsp3) is 0.500. The van der Waals surface area contributed by atoms with Gasteiger partial charge in [0.05, 0.1) is 10.4 Å². The molecule has 2 rings (SSSR count). The fourth-order valence-corrected chi connectivity index (χ4v) is 2.93. The van der Waals surface area contributed by atoms with Gasteiger partial charge in [0.1, 0.15) is 0 Å². The van der Waals surface area contributed by atoms with Crippen molar-refractivity contribution in [2.45, 2.75) is 24.0 Å². The van der Waals surface area contributed by atoms with Gasteiger partial charge in [-0.1, -0.05) is 0 Å². The van der Waals surface area contributed by atoms with Crippen LogP contribution < -0.4 is 0 Å². The first-order chi connectivity index (χ1) is 6.54. The molecule has 1 saturated carbocycles. The summed E-state index contributed by atoms with van der Waals surface area (Å²) in [4.78, 5) is 7.91. The molecule has 76 valence electrons. The number of hydrogen-bond acceptors (Lipinski definition) is 4. The van der Waals surface area contributed by atoms with Crippen molar-refractivity contribution in [2.24, 2.45) is 0 Å². The normalized spacial score (nSPS) is 19.2. The number of rotatable bonds is 3. The molecule has 1 fully saturated rings. The van der Waals surface area contributed by atoms with E-state index in [4.69, 9.17) is 10.7 Å². The standard InChI is InChI=1S/C8H9ClN2O2S/c9-14(12,13)8(1-2-8)5-7-6-10-3-4-11-7/h3-4,6H,1-2,5H2. The lowest BCUT2D eigenvalue weighted by Gasteiger charge is -2.09. The lowest BCUT2D eigenvalue weighted by molar-refractivity contribution is 0.588. The Hall–Kier alpha value is -0.680. The molecule has 0 unspecified atom stereocenters. The van der Waals surface area contributed by atoms with Crippen LogP contribution in [0.4, 0.5) is 0 Å². The van der Waals surface area contributed by atoms with Gasteiger partial charge in [-0.3, -0.25) is 9.97 Å². The fourth-order valence-electron chi connectivity index (χ4n) is 1.40. The van der Waals surface area contributed by atoms with Crippen LogP contribution in [0.1, 0.15) is 18.5 Å². The SMILES string of the molecule is O=S(=O)(Cl)C1(Cc2cnccn2)CC1. The van der Waals surface area contributed by atoms with E-state index in [1.165, 1.54) is 0 Å². The molecule has 4 nitrogen and oxygen atoms in total. The predicted octanol–water partition coefficient (Wildman–Crippen LogP) is 1.12. The predicted molar refractivity (Wildman–Crippen MR) is 52.5 cm³/mol. The Kier molecular flexibility index (Phi) is 2.23. The highest BCUT2D eigenvalue weighted by Gasteiger charge is 2.53. The summed E-state index contributed by atoms with van der Waals surface area (Å²) in [5.41, 5.74) is 0.675. The van der Waals surface area contributed by atoms with Gasteiger partial charge < -0.3 is 0 Å². The van der Waals surface area contributed by atoms with E-state index in [1.54, 1.807) is 18.6 Å². The van der Waals surface area contributed by atoms with Gasteiger partial charge in [0, 0.05) is 35.7 Å². The summed E-state index contributed by atoms with van der Waals surface area (Å²) in [6.45, 7) is 0. The van der Waals surface area contributed by atoms with E-state index in [1.807, 2.05) is 0 Å². The molecule has 6 heteroatoms. The van der Waals surface area contributed by atoms with Gasteiger partial charge in [0.25, 0.3) is 0 Å². The topological polar surface area (TPSA) is 59.9 Å². The quantitative estimate of drug-likeness (QED) is 0.733. The van der Waals surface area contributed by atoms with Crippen molar-refractivity contribution >= 4 is 19.7 Å². The Morgan fingerprint density at radius 1 is 1.43 bits per heavy atom. The minimum absolute atomic E-state index is 0.368. The van der Waals surface area contributed by atoms with Crippen LogP contribution in [0.3, 0.4) is 0 Å². The van der Waals surface area contributed by atoms with Crippen LogP contribution >= 0.6 is 10.7 Å². The Morgan fingerprint density at radius 2 is 2.14 bits per heavy atom. The minimum Gasteiger partial charge on any atom is -0.261 e. The van der Waals surface area contributed by atoms with E-state index >= 15 is 0 Å². The molecule has 0 aromatic carbocycles. The van der Waals surface area contributed by atoms with E-state index in [0.29, 0.717) is 25.0 Å². The van der Waals surface area contributed by atoms with Crippen molar-refractivity contribution in [2.75, 3.05) is 0 Å². The third-order valence-electron chi connectivity index (χ3n) is 2.44. The van der Waals surface area contributed by atoms with E-state index < -0.39 is 13.8 Å². The molecule has 0 amide bonds. The first-order valence-electron chi connectivity index (χ1n) is 4.23. The first kappa shape index (κ1) is 9.86. The maximum Gasteiger partial charge on any atom is 0.238 e. The molecule has 1 aliphatic rings. The monoisotopic (exact) mass is 232 g/mol. The van der Waals surface area contributed by atoms with E-state index in [-0.39, 0.29) is 0 Å². The molecular formula is C8H9ClN2O2S. The van der Waals surface area contributed by atoms with Gasteiger partial charge in [-0.15, -0.1) is 0 Å². The van der Waals surface area contributed by atoms with Crippen molar-refractivity contribution in [3.8, 4) is 0 Å². The molecule has 1 heterocycles. The Labute approximate surface area is 86.8 Å². The van der Waals surface area contributed by atoms with Crippen molar-refractivity contribution in [3.63, 3.8) is 0 Å². The third-order valence-corrected chi connectivity index (χ3v) is 5.01. The maximum absolute atomic E-state index is 11.2. The number of aromatic nitrogens is 2. The van der Waals surface area contributed by atoms with E-state index in [2.05, 4.69) is 9.97 Å². The molecule has 1 aliphatic carbocycles. The molecule has 0 bridgehead atoms. The highest BCUT2D eigenvalue weighted by atomic mass is 35.7. The van der Waals surface area contributed by atoms with Gasteiger partial charge in [-0.05, 0) is 12.8 Å². The molecule has 1 aromatic heterocycles. The summed E-state index contributed by atoms with van der Waals surface area (Å²) in [5, 5.41) is 0. The van der Waals surface area contributed by atoms with Crippen molar-refractivity contribution in [1.29, 1.82) is 0 Å². The van der Waals surface area contributed by atoms with Crippen molar-refractivity contribution in [1.82, 2.24) is 9.97 Å². The summed E-state index contributed by atoms with van der Waals surface area (Å²) in [6, 6.07) is 0. The second kappa shape index (κ2) is 3.17. The van der Waals surface area contributed by atoms with Gasteiger partial charge in [0.2, 0.25) is 9.05 Å². The van der Waals surface area contributed by atoms with Crippen molar-refractivity contribution < 1.29 is 8.42 Å². The zero-order chi connectivity index (χ0) is 10.2. The lowest BCUT2D eigenvalue weighted by Crippen LogP contribution is -2.21. The second-order valence-corrected chi connectivity index (χ2v) is 6.45. The molecule has 1 aromatic rings. The van der Waals surface area contributed by atoms with E-state index in [0.717, 1.165) is 0 Å². The third kappa shape index (κ3) is 1.74. The van der Waals surface area contributed by atoms with Gasteiger partial charge in [0.15, 0.2) is 0 Å². The summed E-state index contributed by atoms with van der Waals surface area (Å²) < 4.78 is 21.7. The zero-order valence-corrected chi connectivity index (χ0v) is 8.92. The van der Waals surface area contributed by atoms with E-state index in [9.17, 15) is 8.42 Å². The smallest absolute Gasteiger partial charge is 0.238 e. The first-order valence-corrected chi connectivity index (χ1v) is 6.54. The Morgan fingerprint density at radius 3 is 2.57 bits per heavy atom. The van der Waals surface area contributed by atoms with Crippen molar-refractivity contribution in [3.05, 3.63) is 24.3 Å². The van der Waals surface area contributed by atoms with Gasteiger partial charge in [-0.25, -0.2) is 8.42 Å². The molecule has 0 saturated heterocycles. The van der Waals surface area contributed by atoms with Gasteiger partial charge >= 0.3 is 0 Å². The number of hydrogen-bond donors (Lipinski definition) is 0. The highest BCUT2D eigenvalue weighted by molar-refractivity contribution is 8.15. The molecule has 0 N–H and O–H groups in total. The molecule has 0 aliphatic heterocycles. The molecule has 14 heavy (non-hydrogen) atoms. The summed E-state index contributed by atoms with van der Waals surface area (Å²) in [7, 11) is 1.88. The minimum atomic E-state index is -3.49. The van der Waals surface area contributed by atoms with Crippen LogP contribution in [0.25, 0.3) is 0 Å². The molecule has 0 radical (unpaired) electrons. The Balaban J connectivity index is 2.21.